The molecule has 0 fully saturated rings. The van der Waals surface area contributed by atoms with E-state index in [1.807, 2.05) is 6.92 Å². The molecule has 0 spiro atoms. The van der Waals surface area contributed by atoms with Gasteiger partial charge >= 0.3 is 0 Å². The molecule has 0 aromatic rings. The first-order valence-corrected chi connectivity index (χ1v) is 4.00. The topological polar surface area (TPSA) is 35.4 Å². The molecular weight excluding hydrogens is 241 g/mol. The summed E-state index contributed by atoms with van der Waals surface area (Å²) in [6.07, 6.45) is 0. The van der Waals surface area contributed by atoms with Crippen molar-refractivity contribution in [3.63, 3.8) is 0 Å². The zero-order valence-electron chi connectivity index (χ0n) is 6.06. The molecule has 0 rings (SSSR count). The Balaban J connectivity index is 4.08. The third-order valence-electron chi connectivity index (χ3n) is 1.32. The molecule has 0 aromatic carbocycles. The molecule has 0 heterocycles. The number of alkyl halides is 1. The Kier molecular flexibility index (Phi) is 4.12. The average Bonchev–Trinajstić information content (AvgIpc) is 1.86. The van der Waals surface area contributed by atoms with E-state index in [4.69, 9.17) is 0 Å². The van der Waals surface area contributed by atoms with Gasteiger partial charge in [-0.05, 0) is 13.6 Å². The van der Waals surface area contributed by atoms with E-state index in [2.05, 4.69) is 40.9 Å². The van der Waals surface area contributed by atoms with Crippen LogP contribution in [0.25, 0.3) is 0 Å². The molecule has 2 nitrogen and oxygen atoms in total. The summed E-state index contributed by atoms with van der Waals surface area (Å²) >= 11 is 2.17. The standard InChI is InChI=1S/C7H11INO/c1-6(4-10)7(2,8)5-9-3/h1,3-5H2,2H3/q-1/t7-/m1/s1. The number of hydrogen-bond donors (Lipinski definition) is 0. The maximum absolute atomic E-state index is 10.4. The van der Waals surface area contributed by atoms with Crippen molar-refractivity contribution in [3.8, 4) is 0 Å². The lowest BCUT2D eigenvalue weighted by Crippen LogP contribution is -2.28. The van der Waals surface area contributed by atoms with Crippen molar-refractivity contribution >= 4 is 29.3 Å². The molecule has 1 atom stereocenters. The summed E-state index contributed by atoms with van der Waals surface area (Å²) in [7, 11) is 0. The molecular formula is C7H11INO-. The second-order valence-electron chi connectivity index (χ2n) is 2.33. The maximum Gasteiger partial charge on any atom is 0.0581 e. The summed E-state index contributed by atoms with van der Waals surface area (Å²) in [6, 6.07) is 0. The highest BCUT2D eigenvalue weighted by Crippen LogP contribution is 2.25. The average molecular weight is 252 g/mol. The fourth-order valence-electron chi connectivity index (χ4n) is 0.472. The van der Waals surface area contributed by atoms with Gasteiger partial charge in [0, 0.05) is 0 Å². The van der Waals surface area contributed by atoms with Crippen LogP contribution in [0.1, 0.15) is 6.92 Å². The van der Waals surface area contributed by atoms with Crippen LogP contribution >= 0.6 is 22.6 Å². The molecule has 58 valence electrons. The van der Waals surface area contributed by atoms with Gasteiger partial charge < -0.3 is 5.11 Å². The van der Waals surface area contributed by atoms with Gasteiger partial charge in [-0.15, -0.1) is 6.61 Å². The molecule has 0 aliphatic rings. The van der Waals surface area contributed by atoms with Crippen molar-refractivity contribution < 1.29 is 5.11 Å². The molecule has 0 aliphatic carbocycles. The van der Waals surface area contributed by atoms with Crippen molar-refractivity contribution in [1.29, 1.82) is 0 Å². The second-order valence-corrected chi connectivity index (χ2v) is 4.71. The summed E-state index contributed by atoms with van der Waals surface area (Å²) in [5.74, 6) is 0. The third kappa shape index (κ3) is 2.79. The smallest absolute Gasteiger partial charge is 0.0581 e. The van der Waals surface area contributed by atoms with Crippen LogP contribution in [0, 0.1) is 0 Å². The number of hydrogen-bond acceptors (Lipinski definition) is 2. The van der Waals surface area contributed by atoms with Crippen LogP contribution in [0.4, 0.5) is 0 Å². The Hall–Kier alpha value is 0.1000. The van der Waals surface area contributed by atoms with E-state index in [1.54, 1.807) is 0 Å². The summed E-state index contributed by atoms with van der Waals surface area (Å²) < 4.78 is -0.207. The van der Waals surface area contributed by atoms with Crippen molar-refractivity contribution in [2.45, 2.75) is 10.3 Å². The summed E-state index contributed by atoms with van der Waals surface area (Å²) in [5, 5.41) is 10.4. The highest BCUT2D eigenvalue weighted by molar-refractivity contribution is 14.1. The number of rotatable bonds is 4. The van der Waals surface area contributed by atoms with Crippen molar-refractivity contribution in [1.82, 2.24) is 0 Å². The molecule has 0 unspecified atom stereocenters. The quantitative estimate of drug-likeness (QED) is 0.315. The number of aliphatic imine (C=N–C) groups is 1. The van der Waals surface area contributed by atoms with E-state index in [0.717, 1.165) is 0 Å². The summed E-state index contributed by atoms with van der Waals surface area (Å²) in [4.78, 5) is 3.72. The minimum absolute atomic E-state index is 0.207. The Labute approximate surface area is 75.2 Å². The third-order valence-corrected chi connectivity index (χ3v) is 2.42. The van der Waals surface area contributed by atoms with E-state index in [-0.39, 0.29) is 10.0 Å². The van der Waals surface area contributed by atoms with E-state index in [0.29, 0.717) is 12.1 Å². The lowest BCUT2D eigenvalue weighted by molar-refractivity contribution is -0.356. The van der Waals surface area contributed by atoms with Gasteiger partial charge in [0.15, 0.2) is 0 Å². The first-order chi connectivity index (χ1) is 4.54. The molecule has 0 aromatic heterocycles. The lowest BCUT2D eigenvalue weighted by Gasteiger charge is -2.25. The lowest BCUT2D eigenvalue weighted by atomic mass is 10.0. The van der Waals surface area contributed by atoms with Gasteiger partial charge in [0.1, 0.15) is 0 Å². The zero-order valence-corrected chi connectivity index (χ0v) is 8.22. The largest absolute Gasteiger partial charge is 0.851 e. The van der Waals surface area contributed by atoms with E-state index in [9.17, 15) is 5.11 Å². The molecule has 0 N–H and O–H groups in total. The molecule has 0 amide bonds. The zero-order chi connectivity index (χ0) is 8.20. The Morgan fingerprint density at radius 3 is 2.60 bits per heavy atom. The van der Waals surface area contributed by atoms with Crippen LogP contribution in [0.15, 0.2) is 17.1 Å². The Morgan fingerprint density at radius 2 is 2.30 bits per heavy atom. The van der Waals surface area contributed by atoms with Crippen LogP contribution in [0.3, 0.4) is 0 Å². The van der Waals surface area contributed by atoms with Crippen LogP contribution < -0.4 is 5.11 Å². The predicted molar refractivity (Wildman–Crippen MR) is 50.8 cm³/mol. The molecule has 0 aliphatic heterocycles. The van der Waals surface area contributed by atoms with E-state index < -0.39 is 0 Å². The van der Waals surface area contributed by atoms with Crippen molar-refractivity contribution in [3.05, 3.63) is 12.2 Å². The van der Waals surface area contributed by atoms with Gasteiger partial charge in [-0.25, -0.2) is 0 Å². The number of halogens is 1. The van der Waals surface area contributed by atoms with Gasteiger partial charge in [0.05, 0.1) is 9.97 Å². The van der Waals surface area contributed by atoms with E-state index >= 15 is 0 Å². The highest BCUT2D eigenvalue weighted by atomic mass is 127. The maximum atomic E-state index is 10.4. The second kappa shape index (κ2) is 4.08. The molecule has 3 heteroatoms. The van der Waals surface area contributed by atoms with Crippen LogP contribution in [0.2, 0.25) is 0 Å². The molecule has 0 radical (unpaired) electrons. The molecule has 0 bridgehead atoms. The predicted octanol–water partition coefficient (Wildman–Crippen LogP) is 0.797. The Bertz CT molecular complexity index is 143. The monoisotopic (exact) mass is 252 g/mol. The summed E-state index contributed by atoms with van der Waals surface area (Å²) in [6.45, 7) is 9.29. The normalized spacial score (nSPS) is 15.9. The van der Waals surface area contributed by atoms with Crippen LogP contribution in [-0.4, -0.2) is 23.3 Å². The van der Waals surface area contributed by atoms with Crippen molar-refractivity contribution in [2.75, 3.05) is 13.2 Å². The van der Waals surface area contributed by atoms with Crippen molar-refractivity contribution in [2.24, 2.45) is 4.99 Å². The fraction of sp³-hybridized carbons (Fsp3) is 0.571. The first kappa shape index (κ1) is 10.1. The fourth-order valence-corrected chi connectivity index (χ4v) is 0.869. The summed E-state index contributed by atoms with van der Waals surface area (Å²) in [5.41, 5.74) is 0.681. The van der Waals surface area contributed by atoms with Gasteiger partial charge in [-0.3, -0.25) is 4.99 Å². The highest BCUT2D eigenvalue weighted by Gasteiger charge is 2.19. The van der Waals surface area contributed by atoms with Gasteiger partial charge in [-0.1, -0.05) is 34.7 Å². The van der Waals surface area contributed by atoms with Gasteiger partial charge in [0.2, 0.25) is 0 Å². The van der Waals surface area contributed by atoms with Crippen LogP contribution in [0.5, 0.6) is 0 Å². The van der Waals surface area contributed by atoms with Gasteiger partial charge in [0.25, 0.3) is 0 Å². The molecule has 0 saturated carbocycles. The van der Waals surface area contributed by atoms with Gasteiger partial charge in [-0.2, -0.15) is 0 Å². The molecule has 10 heavy (non-hydrogen) atoms. The molecule has 0 saturated heterocycles. The minimum atomic E-state index is -0.227. The minimum Gasteiger partial charge on any atom is -0.851 e. The van der Waals surface area contributed by atoms with E-state index in [1.165, 1.54) is 0 Å². The SMILES string of the molecule is C=NC[C@@](C)(I)C(=C)C[O-]. The number of nitrogens with zero attached hydrogens (tertiary/aromatic N) is 1. The first-order valence-electron chi connectivity index (χ1n) is 2.92. The van der Waals surface area contributed by atoms with Crippen LogP contribution in [-0.2, 0) is 0 Å². The Morgan fingerprint density at radius 1 is 1.80 bits per heavy atom.